The van der Waals surface area contributed by atoms with E-state index in [4.69, 9.17) is 9.84 Å². The molecule has 2 N–H and O–H groups in total. The van der Waals surface area contributed by atoms with Crippen molar-refractivity contribution in [3.05, 3.63) is 0 Å². The van der Waals surface area contributed by atoms with E-state index >= 15 is 0 Å². The lowest BCUT2D eigenvalue weighted by molar-refractivity contribution is -0.151. The van der Waals surface area contributed by atoms with Crippen LogP contribution in [0.25, 0.3) is 0 Å². The van der Waals surface area contributed by atoms with Crippen molar-refractivity contribution in [3.8, 4) is 0 Å². The molecule has 0 aromatic carbocycles. The van der Waals surface area contributed by atoms with Crippen molar-refractivity contribution in [1.82, 2.24) is 4.90 Å². The van der Waals surface area contributed by atoms with Gasteiger partial charge in [0.1, 0.15) is 0 Å². The lowest BCUT2D eigenvalue weighted by atomic mass is 9.78. The number of ether oxygens (including phenoxy) is 1. The number of nitrogens with zero attached hydrogens (tertiary/aromatic N) is 1. The van der Waals surface area contributed by atoms with Crippen molar-refractivity contribution in [2.45, 2.75) is 57.5 Å². The third-order valence-corrected chi connectivity index (χ3v) is 4.30. The molecule has 124 valence electrons. The van der Waals surface area contributed by atoms with E-state index in [1.54, 1.807) is 0 Å². The van der Waals surface area contributed by atoms with Crippen molar-refractivity contribution in [3.63, 3.8) is 0 Å². The Kier molecular flexibility index (Phi) is 8.22. The van der Waals surface area contributed by atoms with Gasteiger partial charge in [0.25, 0.3) is 0 Å². The van der Waals surface area contributed by atoms with Crippen LogP contribution in [0.5, 0.6) is 0 Å². The van der Waals surface area contributed by atoms with Crippen LogP contribution in [0.15, 0.2) is 0 Å². The predicted octanol–water partition coefficient (Wildman–Crippen LogP) is 1.57. The number of aliphatic hydroxyl groups excluding tert-OH is 1. The monoisotopic (exact) mass is 301 g/mol. The van der Waals surface area contributed by atoms with Crippen LogP contribution < -0.4 is 0 Å². The van der Waals surface area contributed by atoms with E-state index in [1.165, 1.54) is 0 Å². The number of aliphatic hydroxyl groups is 2. The van der Waals surface area contributed by atoms with E-state index in [9.17, 15) is 9.90 Å². The Morgan fingerprint density at radius 2 is 1.95 bits per heavy atom. The van der Waals surface area contributed by atoms with E-state index < -0.39 is 5.60 Å². The van der Waals surface area contributed by atoms with Crippen LogP contribution in [0, 0.1) is 5.92 Å². The summed E-state index contributed by atoms with van der Waals surface area (Å²) in [5.74, 6) is -0.156. The molecule has 5 heteroatoms. The van der Waals surface area contributed by atoms with Crippen LogP contribution in [-0.2, 0) is 9.53 Å². The van der Waals surface area contributed by atoms with Gasteiger partial charge in [-0.1, -0.05) is 0 Å². The van der Waals surface area contributed by atoms with Gasteiger partial charge in [0.05, 0.1) is 18.1 Å². The number of carbonyl (C=O) groups excluding carboxylic acids is 1. The smallest absolute Gasteiger partial charge is 0.308 e. The minimum absolute atomic E-state index is 0.0416. The standard InChI is InChI=1S/C16H31NO4/c1-3-21-15(19)14-7-9-16(20,10-8-14)13-17(2)11-5-4-6-12-18/h14,18,20H,3-13H2,1-2H3. The number of likely N-dealkylation sites (N-methyl/N-ethyl adjacent to an activating group) is 1. The van der Waals surface area contributed by atoms with Gasteiger partial charge in [-0.15, -0.1) is 0 Å². The Bertz CT molecular complexity index is 301. The Morgan fingerprint density at radius 3 is 2.52 bits per heavy atom. The lowest BCUT2D eigenvalue weighted by Gasteiger charge is -2.37. The fourth-order valence-corrected chi connectivity index (χ4v) is 3.06. The van der Waals surface area contributed by atoms with E-state index in [2.05, 4.69) is 4.90 Å². The van der Waals surface area contributed by atoms with E-state index in [0.717, 1.165) is 25.8 Å². The molecule has 0 atom stereocenters. The molecule has 1 saturated carbocycles. The van der Waals surface area contributed by atoms with E-state index in [1.807, 2.05) is 14.0 Å². The van der Waals surface area contributed by atoms with Gasteiger partial charge in [0.15, 0.2) is 0 Å². The van der Waals surface area contributed by atoms with Gasteiger partial charge in [-0.25, -0.2) is 0 Å². The van der Waals surface area contributed by atoms with Crippen molar-refractivity contribution >= 4 is 5.97 Å². The molecule has 0 saturated heterocycles. The summed E-state index contributed by atoms with van der Waals surface area (Å²) in [5.41, 5.74) is -0.672. The molecule has 1 rings (SSSR count). The van der Waals surface area contributed by atoms with E-state index in [0.29, 0.717) is 38.8 Å². The Morgan fingerprint density at radius 1 is 1.29 bits per heavy atom. The zero-order chi connectivity index (χ0) is 15.7. The summed E-state index contributed by atoms with van der Waals surface area (Å²) in [6, 6.07) is 0. The second kappa shape index (κ2) is 9.38. The molecule has 1 aliphatic rings. The molecule has 0 heterocycles. The van der Waals surface area contributed by atoms with Crippen LogP contribution in [0.3, 0.4) is 0 Å². The zero-order valence-corrected chi connectivity index (χ0v) is 13.5. The van der Waals surface area contributed by atoms with Crippen molar-refractivity contribution < 1.29 is 19.7 Å². The Labute approximate surface area is 128 Å². The van der Waals surface area contributed by atoms with E-state index in [-0.39, 0.29) is 18.5 Å². The first-order chi connectivity index (χ1) is 10.0. The summed E-state index contributed by atoms with van der Waals surface area (Å²) in [5, 5.41) is 19.4. The molecule has 0 aromatic heterocycles. The summed E-state index contributed by atoms with van der Waals surface area (Å²) in [4.78, 5) is 13.9. The van der Waals surface area contributed by atoms with Crippen LogP contribution >= 0.6 is 0 Å². The van der Waals surface area contributed by atoms with Crippen molar-refractivity contribution in [1.29, 1.82) is 0 Å². The van der Waals surface area contributed by atoms with Crippen LogP contribution in [0.4, 0.5) is 0 Å². The van der Waals surface area contributed by atoms with Gasteiger partial charge in [-0.05, 0) is 65.5 Å². The highest BCUT2D eigenvalue weighted by molar-refractivity contribution is 5.72. The molecule has 1 fully saturated rings. The number of hydrogen-bond donors (Lipinski definition) is 2. The molecule has 0 radical (unpaired) electrons. The number of rotatable bonds is 9. The molecule has 0 aliphatic heterocycles. The molecule has 21 heavy (non-hydrogen) atoms. The van der Waals surface area contributed by atoms with Gasteiger partial charge in [-0.3, -0.25) is 4.79 Å². The van der Waals surface area contributed by atoms with Gasteiger partial charge >= 0.3 is 5.97 Å². The number of esters is 1. The van der Waals surface area contributed by atoms with Crippen LogP contribution in [-0.4, -0.2) is 60.0 Å². The fourth-order valence-electron chi connectivity index (χ4n) is 3.06. The van der Waals surface area contributed by atoms with Gasteiger partial charge in [0.2, 0.25) is 0 Å². The summed E-state index contributed by atoms with van der Waals surface area (Å²) < 4.78 is 5.06. The molecule has 0 aromatic rings. The summed E-state index contributed by atoms with van der Waals surface area (Å²) in [7, 11) is 2.02. The maximum atomic E-state index is 11.7. The second-order valence-electron chi connectivity index (χ2n) is 6.27. The normalized spacial score (nSPS) is 26.0. The maximum Gasteiger partial charge on any atom is 0.308 e. The molecule has 5 nitrogen and oxygen atoms in total. The van der Waals surface area contributed by atoms with Crippen molar-refractivity contribution in [2.75, 3.05) is 33.4 Å². The molecule has 0 unspecified atom stereocenters. The average molecular weight is 301 g/mol. The zero-order valence-electron chi connectivity index (χ0n) is 13.5. The summed E-state index contributed by atoms with van der Waals surface area (Å²) >= 11 is 0. The average Bonchev–Trinajstić information content (AvgIpc) is 2.44. The fraction of sp³-hybridized carbons (Fsp3) is 0.938. The first-order valence-corrected chi connectivity index (χ1v) is 8.19. The third kappa shape index (κ3) is 6.76. The first kappa shape index (κ1) is 18.4. The quantitative estimate of drug-likeness (QED) is 0.500. The number of unbranched alkanes of at least 4 members (excludes halogenated alkanes) is 2. The highest BCUT2D eigenvalue weighted by Crippen LogP contribution is 2.33. The van der Waals surface area contributed by atoms with Gasteiger partial charge in [0, 0.05) is 13.2 Å². The highest BCUT2D eigenvalue weighted by Gasteiger charge is 2.36. The minimum atomic E-state index is -0.672. The molecule has 1 aliphatic carbocycles. The molecule has 0 spiro atoms. The number of hydrogen-bond acceptors (Lipinski definition) is 5. The van der Waals surface area contributed by atoms with Crippen LogP contribution in [0.2, 0.25) is 0 Å². The third-order valence-electron chi connectivity index (χ3n) is 4.30. The molecular formula is C16H31NO4. The highest BCUT2D eigenvalue weighted by atomic mass is 16.5. The topological polar surface area (TPSA) is 70.0 Å². The molecule has 0 amide bonds. The molecular weight excluding hydrogens is 270 g/mol. The van der Waals surface area contributed by atoms with Gasteiger partial charge < -0.3 is 19.8 Å². The lowest BCUT2D eigenvalue weighted by Crippen LogP contribution is -2.45. The first-order valence-electron chi connectivity index (χ1n) is 8.19. The Hall–Kier alpha value is -0.650. The second-order valence-corrected chi connectivity index (χ2v) is 6.27. The SMILES string of the molecule is CCOC(=O)C1CCC(O)(CN(C)CCCCCO)CC1. The Balaban J connectivity index is 2.28. The minimum Gasteiger partial charge on any atom is -0.466 e. The van der Waals surface area contributed by atoms with Gasteiger partial charge in [-0.2, -0.15) is 0 Å². The van der Waals surface area contributed by atoms with Crippen LogP contribution in [0.1, 0.15) is 51.9 Å². The molecule has 0 bridgehead atoms. The van der Waals surface area contributed by atoms with Crippen molar-refractivity contribution in [2.24, 2.45) is 5.92 Å². The summed E-state index contributed by atoms with van der Waals surface area (Å²) in [6.07, 6.45) is 5.67. The maximum absolute atomic E-state index is 11.7. The summed E-state index contributed by atoms with van der Waals surface area (Å²) in [6.45, 7) is 4.09. The largest absolute Gasteiger partial charge is 0.466 e. The predicted molar refractivity (Wildman–Crippen MR) is 82.0 cm³/mol. The number of carbonyl (C=O) groups is 1.